The number of nitro groups is 1. The van der Waals surface area contributed by atoms with E-state index in [0.717, 1.165) is 27.9 Å². The molecular formula is C15H20N2O3S. The van der Waals surface area contributed by atoms with E-state index in [1.807, 2.05) is 13.8 Å². The first-order chi connectivity index (χ1) is 9.77. The standard InChI is InChI=1S/C15H20N2O3S/c1-5-21-8-15(4,18)14-10(3)11-7-13(17(19)20)9(2)6-12(11)16-14/h6-7,16,18H,5,8H2,1-4H3. The van der Waals surface area contributed by atoms with Crippen LogP contribution in [0.3, 0.4) is 0 Å². The number of thioether (sulfide) groups is 1. The summed E-state index contributed by atoms with van der Waals surface area (Å²) in [5.74, 6) is 1.51. The Labute approximate surface area is 127 Å². The Hall–Kier alpha value is -1.53. The lowest BCUT2D eigenvalue weighted by molar-refractivity contribution is -0.385. The van der Waals surface area contributed by atoms with Crippen molar-refractivity contribution < 1.29 is 10.0 Å². The summed E-state index contributed by atoms with van der Waals surface area (Å²) in [4.78, 5) is 13.9. The molecule has 1 unspecified atom stereocenters. The molecule has 6 heteroatoms. The largest absolute Gasteiger partial charge is 0.383 e. The Morgan fingerprint density at radius 3 is 2.67 bits per heavy atom. The van der Waals surface area contributed by atoms with Crippen LogP contribution in [-0.4, -0.2) is 26.5 Å². The summed E-state index contributed by atoms with van der Waals surface area (Å²) >= 11 is 1.66. The SMILES string of the molecule is CCSCC(C)(O)c1[nH]c2cc(C)c([N+](=O)[O-])cc2c1C. The van der Waals surface area contributed by atoms with Crippen molar-refractivity contribution in [3.05, 3.63) is 39.1 Å². The van der Waals surface area contributed by atoms with Crippen molar-refractivity contribution >= 4 is 28.4 Å². The van der Waals surface area contributed by atoms with E-state index < -0.39 is 5.60 Å². The van der Waals surface area contributed by atoms with Crippen LogP contribution >= 0.6 is 11.8 Å². The quantitative estimate of drug-likeness (QED) is 0.652. The molecule has 114 valence electrons. The molecule has 1 heterocycles. The lowest BCUT2D eigenvalue weighted by atomic mass is 10.00. The fourth-order valence-electron chi connectivity index (χ4n) is 2.58. The first-order valence-corrected chi connectivity index (χ1v) is 8.01. The molecule has 2 aromatic rings. The second-order valence-electron chi connectivity index (χ2n) is 5.48. The molecule has 1 aromatic heterocycles. The molecule has 0 aliphatic heterocycles. The number of hydrogen-bond acceptors (Lipinski definition) is 4. The van der Waals surface area contributed by atoms with Crippen molar-refractivity contribution in [2.24, 2.45) is 0 Å². The Morgan fingerprint density at radius 1 is 1.43 bits per heavy atom. The lowest BCUT2D eigenvalue weighted by Crippen LogP contribution is -2.26. The van der Waals surface area contributed by atoms with Crippen LogP contribution in [0.5, 0.6) is 0 Å². The molecule has 1 atom stereocenters. The number of rotatable bonds is 5. The highest BCUT2D eigenvalue weighted by molar-refractivity contribution is 7.99. The monoisotopic (exact) mass is 308 g/mol. The molecule has 0 aliphatic carbocycles. The molecule has 21 heavy (non-hydrogen) atoms. The van der Waals surface area contributed by atoms with E-state index in [-0.39, 0.29) is 10.6 Å². The van der Waals surface area contributed by atoms with Crippen molar-refractivity contribution in [3.63, 3.8) is 0 Å². The van der Waals surface area contributed by atoms with Crippen LogP contribution in [-0.2, 0) is 5.60 Å². The first-order valence-electron chi connectivity index (χ1n) is 6.86. The van der Waals surface area contributed by atoms with Crippen molar-refractivity contribution in [3.8, 4) is 0 Å². The molecule has 0 radical (unpaired) electrons. The minimum atomic E-state index is -0.980. The van der Waals surface area contributed by atoms with Gasteiger partial charge in [-0.05, 0) is 38.2 Å². The van der Waals surface area contributed by atoms with Crippen LogP contribution < -0.4 is 0 Å². The number of aromatic nitrogens is 1. The normalized spacial score (nSPS) is 14.3. The predicted octanol–water partition coefficient (Wildman–Crippen LogP) is 3.65. The summed E-state index contributed by atoms with van der Waals surface area (Å²) in [6.07, 6.45) is 0. The zero-order valence-corrected chi connectivity index (χ0v) is 13.5. The van der Waals surface area contributed by atoms with Crippen LogP contribution in [0.1, 0.15) is 30.7 Å². The van der Waals surface area contributed by atoms with Gasteiger partial charge in [-0.25, -0.2) is 0 Å². The third-order valence-corrected chi connectivity index (χ3v) is 4.87. The summed E-state index contributed by atoms with van der Waals surface area (Å²) < 4.78 is 0. The molecule has 0 fully saturated rings. The van der Waals surface area contributed by atoms with Gasteiger partial charge in [-0.1, -0.05) is 6.92 Å². The molecule has 0 saturated carbocycles. The van der Waals surface area contributed by atoms with E-state index >= 15 is 0 Å². The fourth-order valence-corrected chi connectivity index (χ4v) is 3.33. The third-order valence-electron chi connectivity index (χ3n) is 3.70. The predicted molar refractivity (Wildman–Crippen MR) is 87.0 cm³/mol. The van der Waals surface area contributed by atoms with E-state index in [9.17, 15) is 15.2 Å². The molecule has 0 saturated heterocycles. The molecular weight excluding hydrogens is 288 g/mol. The number of H-pyrrole nitrogens is 1. The Bertz CT molecular complexity index is 692. The minimum Gasteiger partial charge on any atom is -0.383 e. The van der Waals surface area contributed by atoms with Gasteiger partial charge < -0.3 is 10.1 Å². The topological polar surface area (TPSA) is 79.2 Å². The smallest absolute Gasteiger partial charge is 0.273 e. The average Bonchev–Trinajstić information content (AvgIpc) is 2.72. The summed E-state index contributed by atoms with van der Waals surface area (Å²) in [6, 6.07) is 3.36. The molecule has 2 N–H and O–H groups in total. The molecule has 0 spiro atoms. The number of nitrogens with one attached hydrogen (secondary N) is 1. The molecule has 2 rings (SSSR count). The Morgan fingerprint density at radius 2 is 2.10 bits per heavy atom. The van der Waals surface area contributed by atoms with Crippen LogP contribution in [0.15, 0.2) is 12.1 Å². The van der Waals surface area contributed by atoms with Gasteiger partial charge in [-0.3, -0.25) is 10.1 Å². The van der Waals surface area contributed by atoms with E-state index in [2.05, 4.69) is 4.98 Å². The van der Waals surface area contributed by atoms with Gasteiger partial charge >= 0.3 is 0 Å². The summed E-state index contributed by atoms with van der Waals surface area (Å²) in [5.41, 5.74) is 2.18. The van der Waals surface area contributed by atoms with Crippen molar-refractivity contribution in [1.29, 1.82) is 0 Å². The zero-order valence-electron chi connectivity index (χ0n) is 12.7. The van der Waals surface area contributed by atoms with E-state index in [1.54, 1.807) is 37.7 Å². The number of nitrogens with zero attached hydrogens (tertiary/aromatic N) is 1. The van der Waals surface area contributed by atoms with Gasteiger partial charge in [0.1, 0.15) is 5.60 Å². The van der Waals surface area contributed by atoms with Crippen molar-refractivity contribution in [2.45, 2.75) is 33.3 Å². The highest BCUT2D eigenvalue weighted by Crippen LogP contribution is 2.34. The highest BCUT2D eigenvalue weighted by atomic mass is 32.2. The summed E-state index contributed by atoms with van der Waals surface area (Å²) in [6.45, 7) is 7.43. The first kappa shape index (κ1) is 15.9. The number of benzene rings is 1. The summed E-state index contributed by atoms with van der Waals surface area (Å²) in [5, 5.41) is 22.5. The van der Waals surface area contributed by atoms with Gasteiger partial charge in [0.2, 0.25) is 0 Å². The molecule has 5 nitrogen and oxygen atoms in total. The number of aryl methyl sites for hydroxylation is 2. The van der Waals surface area contributed by atoms with Crippen molar-refractivity contribution in [2.75, 3.05) is 11.5 Å². The zero-order chi connectivity index (χ0) is 15.8. The van der Waals surface area contributed by atoms with Gasteiger partial charge in [0, 0.05) is 28.3 Å². The maximum atomic E-state index is 11.1. The van der Waals surface area contributed by atoms with E-state index in [4.69, 9.17) is 0 Å². The van der Waals surface area contributed by atoms with Gasteiger partial charge in [0.25, 0.3) is 5.69 Å². The number of aliphatic hydroxyl groups is 1. The van der Waals surface area contributed by atoms with Gasteiger partial charge in [-0.2, -0.15) is 11.8 Å². The molecule has 1 aromatic carbocycles. The van der Waals surface area contributed by atoms with E-state index in [0.29, 0.717) is 11.3 Å². The number of hydrogen-bond donors (Lipinski definition) is 2. The summed E-state index contributed by atoms with van der Waals surface area (Å²) in [7, 11) is 0. The Kier molecular flexibility index (Phi) is 4.30. The maximum absolute atomic E-state index is 11.1. The van der Waals surface area contributed by atoms with E-state index in [1.165, 1.54) is 0 Å². The number of fused-ring (bicyclic) bond motifs is 1. The second-order valence-corrected chi connectivity index (χ2v) is 6.75. The Balaban J connectivity index is 2.58. The van der Waals surface area contributed by atoms with Crippen LogP contribution in [0.2, 0.25) is 0 Å². The van der Waals surface area contributed by atoms with Gasteiger partial charge in [0.05, 0.1) is 10.6 Å². The van der Waals surface area contributed by atoms with Gasteiger partial charge in [0.15, 0.2) is 0 Å². The maximum Gasteiger partial charge on any atom is 0.273 e. The number of aromatic amines is 1. The molecule has 0 aliphatic rings. The van der Waals surface area contributed by atoms with Crippen LogP contribution in [0.4, 0.5) is 5.69 Å². The van der Waals surface area contributed by atoms with Gasteiger partial charge in [-0.15, -0.1) is 0 Å². The minimum absolute atomic E-state index is 0.110. The average molecular weight is 308 g/mol. The highest BCUT2D eigenvalue weighted by Gasteiger charge is 2.28. The molecule has 0 bridgehead atoms. The number of nitro benzene ring substituents is 1. The van der Waals surface area contributed by atoms with Crippen LogP contribution in [0.25, 0.3) is 10.9 Å². The molecule has 0 amide bonds. The third kappa shape index (κ3) is 2.91. The lowest BCUT2D eigenvalue weighted by Gasteiger charge is -2.22. The van der Waals surface area contributed by atoms with Crippen molar-refractivity contribution in [1.82, 2.24) is 4.98 Å². The fraction of sp³-hybridized carbons (Fsp3) is 0.467. The second kappa shape index (κ2) is 5.69. The van der Waals surface area contributed by atoms with Crippen LogP contribution in [0, 0.1) is 24.0 Å².